The lowest BCUT2D eigenvalue weighted by molar-refractivity contribution is -0.139. The van der Waals surface area contributed by atoms with Crippen LogP contribution >= 0.6 is 0 Å². The van der Waals surface area contributed by atoms with Gasteiger partial charge in [-0.3, -0.25) is 0 Å². The minimum absolute atomic E-state index is 0.188. The fraction of sp³-hybridized carbons (Fsp3) is 0.111. The van der Waals surface area contributed by atoms with E-state index in [1.807, 2.05) is 42.5 Å². The van der Waals surface area contributed by atoms with E-state index < -0.39 is 0 Å². The van der Waals surface area contributed by atoms with Gasteiger partial charge in [0, 0.05) is 5.57 Å². The second-order valence-electron chi connectivity index (χ2n) is 4.97. The highest BCUT2D eigenvalue weighted by Gasteiger charge is 2.40. The molecule has 1 fully saturated rings. The Bertz CT molecular complexity index is 726. The van der Waals surface area contributed by atoms with E-state index >= 15 is 0 Å². The Morgan fingerprint density at radius 2 is 1.67 bits per heavy atom. The van der Waals surface area contributed by atoms with E-state index in [2.05, 4.69) is 12.6 Å². The van der Waals surface area contributed by atoms with Gasteiger partial charge in [0.05, 0.1) is 17.6 Å². The summed E-state index contributed by atoms with van der Waals surface area (Å²) in [6, 6.07) is 18.9. The van der Waals surface area contributed by atoms with Gasteiger partial charge >= 0.3 is 5.97 Å². The van der Waals surface area contributed by atoms with Crippen molar-refractivity contribution in [1.82, 2.24) is 0 Å². The predicted molar refractivity (Wildman–Crippen MR) is 78.3 cm³/mol. The summed E-state index contributed by atoms with van der Waals surface area (Å²) < 4.78 is 5.48. The van der Waals surface area contributed by atoms with Gasteiger partial charge < -0.3 is 4.74 Å². The van der Waals surface area contributed by atoms with E-state index in [9.17, 15) is 4.79 Å². The maximum absolute atomic E-state index is 11.9. The molecule has 3 nitrogen and oxygen atoms in total. The zero-order valence-corrected chi connectivity index (χ0v) is 11.3. The highest BCUT2D eigenvalue weighted by Crippen LogP contribution is 2.44. The highest BCUT2D eigenvalue weighted by atomic mass is 16.6. The van der Waals surface area contributed by atoms with Gasteiger partial charge in [-0.1, -0.05) is 49.0 Å². The van der Waals surface area contributed by atoms with Crippen LogP contribution in [-0.4, -0.2) is 5.97 Å². The number of carbonyl (C=O) groups excluding carboxylic acids is 1. The van der Waals surface area contributed by atoms with Gasteiger partial charge in [0.2, 0.25) is 0 Å². The molecule has 1 aliphatic heterocycles. The van der Waals surface area contributed by atoms with Gasteiger partial charge in [0.25, 0.3) is 0 Å². The van der Waals surface area contributed by atoms with Crippen LogP contribution in [0.5, 0.6) is 0 Å². The molecule has 1 saturated heterocycles. The Kier molecular flexibility index (Phi) is 3.29. The largest absolute Gasteiger partial charge is 0.453 e. The van der Waals surface area contributed by atoms with Crippen molar-refractivity contribution >= 4 is 5.97 Å². The van der Waals surface area contributed by atoms with Gasteiger partial charge in [0.1, 0.15) is 6.10 Å². The number of esters is 1. The van der Waals surface area contributed by atoms with Crippen LogP contribution < -0.4 is 0 Å². The van der Waals surface area contributed by atoms with Crippen LogP contribution in [0.4, 0.5) is 0 Å². The number of nitrogens with zero attached hydrogens (tertiary/aromatic N) is 1. The Labute approximate surface area is 123 Å². The number of hydrogen-bond donors (Lipinski definition) is 0. The first-order valence-corrected chi connectivity index (χ1v) is 6.65. The molecule has 2 aromatic rings. The van der Waals surface area contributed by atoms with Crippen molar-refractivity contribution in [2.75, 3.05) is 0 Å². The normalized spacial score (nSPS) is 20.9. The number of nitriles is 1. The molecule has 0 aliphatic carbocycles. The third-order valence-corrected chi connectivity index (χ3v) is 3.70. The summed E-state index contributed by atoms with van der Waals surface area (Å²) in [5, 5.41) is 8.86. The highest BCUT2D eigenvalue weighted by molar-refractivity contribution is 5.92. The molecule has 2 atom stereocenters. The third kappa shape index (κ3) is 2.32. The molecule has 0 amide bonds. The summed E-state index contributed by atoms with van der Waals surface area (Å²) in [6.45, 7) is 3.88. The second kappa shape index (κ2) is 5.26. The summed E-state index contributed by atoms with van der Waals surface area (Å²) in [7, 11) is 0. The van der Waals surface area contributed by atoms with Crippen LogP contribution in [0.15, 0.2) is 66.7 Å². The Hall–Kier alpha value is -2.86. The van der Waals surface area contributed by atoms with E-state index in [0.29, 0.717) is 11.1 Å². The van der Waals surface area contributed by atoms with Gasteiger partial charge in [-0.2, -0.15) is 5.26 Å². The number of rotatable bonds is 2. The molecule has 1 heterocycles. The van der Waals surface area contributed by atoms with Crippen molar-refractivity contribution in [3.63, 3.8) is 0 Å². The van der Waals surface area contributed by atoms with E-state index in [-0.39, 0.29) is 18.0 Å². The second-order valence-corrected chi connectivity index (χ2v) is 4.97. The van der Waals surface area contributed by atoms with Gasteiger partial charge in [0.15, 0.2) is 0 Å². The molecule has 0 bridgehead atoms. The minimum Gasteiger partial charge on any atom is -0.453 e. The van der Waals surface area contributed by atoms with Crippen molar-refractivity contribution < 1.29 is 9.53 Å². The smallest absolute Gasteiger partial charge is 0.334 e. The number of cyclic esters (lactones) is 1. The van der Waals surface area contributed by atoms with Crippen LogP contribution in [-0.2, 0) is 9.53 Å². The van der Waals surface area contributed by atoms with E-state index in [4.69, 9.17) is 10.00 Å². The van der Waals surface area contributed by atoms with Crippen LogP contribution in [0.3, 0.4) is 0 Å². The van der Waals surface area contributed by atoms with Crippen LogP contribution in [0.25, 0.3) is 0 Å². The molecule has 3 heteroatoms. The van der Waals surface area contributed by atoms with Gasteiger partial charge in [-0.15, -0.1) is 0 Å². The van der Waals surface area contributed by atoms with Crippen molar-refractivity contribution in [3.8, 4) is 6.07 Å². The summed E-state index contributed by atoms with van der Waals surface area (Å²) in [4.78, 5) is 11.9. The van der Waals surface area contributed by atoms with E-state index in [1.54, 1.807) is 12.1 Å². The zero-order chi connectivity index (χ0) is 14.8. The molecule has 2 unspecified atom stereocenters. The van der Waals surface area contributed by atoms with E-state index in [0.717, 1.165) is 11.1 Å². The number of benzene rings is 2. The molecular weight excluding hydrogens is 262 g/mol. The Balaban J connectivity index is 2.01. The van der Waals surface area contributed by atoms with Gasteiger partial charge in [-0.05, 0) is 23.3 Å². The quantitative estimate of drug-likeness (QED) is 0.622. The molecule has 0 radical (unpaired) electrons. The third-order valence-electron chi connectivity index (χ3n) is 3.70. The predicted octanol–water partition coefficient (Wildman–Crippen LogP) is 3.50. The minimum atomic E-state index is -0.389. The first kappa shape index (κ1) is 13.1. The molecule has 1 aliphatic rings. The lowest BCUT2D eigenvalue weighted by Gasteiger charge is -2.18. The number of ether oxygens (including phenoxy) is 1. The SMILES string of the molecule is C=C1C(=O)OC(c2ccc(C#N)cc2)C1c1ccccc1. The van der Waals surface area contributed by atoms with Crippen molar-refractivity contribution in [1.29, 1.82) is 5.26 Å². The zero-order valence-electron chi connectivity index (χ0n) is 11.3. The number of carbonyl (C=O) groups is 1. The summed E-state index contributed by atoms with van der Waals surface area (Å²) in [6.07, 6.45) is -0.389. The number of hydrogen-bond acceptors (Lipinski definition) is 3. The van der Waals surface area contributed by atoms with Crippen molar-refractivity contribution in [2.24, 2.45) is 0 Å². The Morgan fingerprint density at radius 3 is 2.29 bits per heavy atom. The van der Waals surface area contributed by atoms with Crippen LogP contribution in [0.1, 0.15) is 28.7 Å². The van der Waals surface area contributed by atoms with Crippen molar-refractivity contribution in [2.45, 2.75) is 12.0 Å². The molecule has 0 spiro atoms. The maximum Gasteiger partial charge on any atom is 0.334 e. The molecule has 102 valence electrons. The fourth-order valence-electron chi connectivity index (χ4n) is 2.61. The topological polar surface area (TPSA) is 50.1 Å². The molecule has 2 aromatic carbocycles. The molecule has 21 heavy (non-hydrogen) atoms. The van der Waals surface area contributed by atoms with Crippen LogP contribution in [0, 0.1) is 11.3 Å². The van der Waals surface area contributed by atoms with Gasteiger partial charge in [-0.25, -0.2) is 4.79 Å². The summed E-state index contributed by atoms with van der Waals surface area (Å²) >= 11 is 0. The summed E-state index contributed by atoms with van der Waals surface area (Å²) in [5.74, 6) is -0.551. The fourth-order valence-corrected chi connectivity index (χ4v) is 2.61. The lowest BCUT2D eigenvalue weighted by atomic mass is 9.86. The average Bonchev–Trinajstić information content (AvgIpc) is 2.84. The average molecular weight is 275 g/mol. The summed E-state index contributed by atoms with van der Waals surface area (Å²) in [5.41, 5.74) is 2.92. The van der Waals surface area contributed by atoms with Crippen molar-refractivity contribution in [3.05, 3.63) is 83.4 Å². The molecule has 3 rings (SSSR count). The standard InChI is InChI=1S/C18H13NO2/c1-12-16(14-5-3-2-4-6-14)17(21-18(12)20)15-9-7-13(11-19)8-10-15/h2-10,16-17H,1H2. The van der Waals surface area contributed by atoms with E-state index in [1.165, 1.54) is 0 Å². The molecule has 0 aromatic heterocycles. The lowest BCUT2D eigenvalue weighted by Crippen LogP contribution is -2.07. The Morgan fingerprint density at radius 1 is 1.00 bits per heavy atom. The maximum atomic E-state index is 11.9. The molecular formula is C18H13NO2. The first-order chi connectivity index (χ1) is 10.2. The molecule has 0 N–H and O–H groups in total. The monoisotopic (exact) mass is 275 g/mol. The first-order valence-electron chi connectivity index (χ1n) is 6.65. The molecule has 0 saturated carbocycles. The van der Waals surface area contributed by atoms with Crippen LogP contribution in [0.2, 0.25) is 0 Å².